The van der Waals surface area contributed by atoms with Crippen molar-refractivity contribution < 1.29 is 9.21 Å². The molecule has 0 fully saturated rings. The SMILES string of the molecule is CCN(C)C(=O)c1oc(C)nc1C. The van der Waals surface area contributed by atoms with Crippen LogP contribution >= 0.6 is 0 Å². The molecule has 0 aliphatic rings. The molecular weight excluding hydrogens is 168 g/mol. The highest BCUT2D eigenvalue weighted by atomic mass is 16.4. The van der Waals surface area contributed by atoms with Gasteiger partial charge in [0.05, 0.1) is 5.69 Å². The minimum absolute atomic E-state index is 0.111. The monoisotopic (exact) mass is 182 g/mol. The van der Waals surface area contributed by atoms with Gasteiger partial charge < -0.3 is 9.32 Å². The standard InChI is InChI=1S/C9H14N2O2/c1-5-11(4)9(12)8-6(2)10-7(3)13-8/h5H2,1-4H3. The first-order valence-electron chi connectivity index (χ1n) is 4.25. The molecule has 1 aromatic heterocycles. The minimum atomic E-state index is -0.111. The zero-order chi connectivity index (χ0) is 10.0. The third-order valence-electron chi connectivity index (χ3n) is 1.92. The molecule has 0 aliphatic carbocycles. The first-order valence-corrected chi connectivity index (χ1v) is 4.25. The summed E-state index contributed by atoms with van der Waals surface area (Å²) in [5.74, 6) is 0.771. The van der Waals surface area contributed by atoms with E-state index in [1.54, 1.807) is 25.8 Å². The van der Waals surface area contributed by atoms with Gasteiger partial charge in [0, 0.05) is 20.5 Å². The van der Waals surface area contributed by atoms with Gasteiger partial charge in [0.15, 0.2) is 5.89 Å². The summed E-state index contributed by atoms with van der Waals surface area (Å²) in [5.41, 5.74) is 0.655. The summed E-state index contributed by atoms with van der Waals surface area (Å²) in [5, 5.41) is 0. The largest absolute Gasteiger partial charge is 0.436 e. The average molecular weight is 182 g/mol. The lowest BCUT2D eigenvalue weighted by Gasteiger charge is -2.11. The number of hydrogen-bond donors (Lipinski definition) is 0. The van der Waals surface area contributed by atoms with E-state index in [0.29, 0.717) is 23.9 Å². The lowest BCUT2D eigenvalue weighted by molar-refractivity contribution is 0.0768. The summed E-state index contributed by atoms with van der Waals surface area (Å²) >= 11 is 0. The van der Waals surface area contributed by atoms with Gasteiger partial charge in [0.2, 0.25) is 5.76 Å². The van der Waals surface area contributed by atoms with Gasteiger partial charge in [0.25, 0.3) is 5.91 Å². The third-order valence-corrected chi connectivity index (χ3v) is 1.92. The van der Waals surface area contributed by atoms with Gasteiger partial charge in [-0.1, -0.05) is 0 Å². The van der Waals surface area contributed by atoms with Crippen molar-refractivity contribution in [3.63, 3.8) is 0 Å². The summed E-state index contributed by atoms with van der Waals surface area (Å²) in [4.78, 5) is 17.2. The molecule has 1 heterocycles. The maximum absolute atomic E-state index is 11.6. The Hall–Kier alpha value is -1.32. The number of hydrogen-bond acceptors (Lipinski definition) is 3. The van der Waals surface area contributed by atoms with E-state index in [4.69, 9.17) is 4.42 Å². The fourth-order valence-electron chi connectivity index (χ4n) is 1.05. The summed E-state index contributed by atoms with van der Waals surface area (Å²) in [6.45, 7) is 6.08. The van der Waals surface area contributed by atoms with Gasteiger partial charge in [-0.3, -0.25) is 4.79 Å². The van der Waals surface area contributed by atoms with Crippen molar-refractivity contribution in [2.75, 3.05) is 13.6 Å². The van der Waals surface area contributed by atoms with E-state index in [1.807, 2.05) is 6.92 Å². The van der Waals surface area contributed by atoms with Crippen molar-refractivity contribution >= 4 is 5.91 Å². The third kappa shape index (κ3) is 1.88. The predicted molar refractivity (Wildman–Crippen MR) is 48.6 cm³/mol. The molecule has 1 aromatic rings. The number of aryl methyl sites for hydroxylation is 2. The highest BCUT2D eigenvalue weighted by Crippen LogP contribution is 2.11. The molecule has 0 unspecified atom stereocenters. The minimum Gasteiger partial charge on any atom is -0.436 e. The Morgan fingerprint density at radius 2 is 2.15 bits per heavy atom. The molecule has 0 aliphatic heterocycles. The van der Waals surface area contributed by atoms with Crippen LogP contribution in [0.25, 0.3) is 0 Å². The molecule has 0 saturated heterocycles. The Morgan fingerprint density at radius 1 is 1.54 bits per heavy atom. The van der Waals surface area contributed by atoms with Crippen molar-refractivity contribution in [3.05, 3.63) is 17.3 Å². The van der Waals surface area contributed by atoms with Crippen molar-refractivity contribution in [1.29, 1.82) is 0 Å². The summed E-state index contributed by atoms with van der Waals surface area (Å²) < 4.78 is 5.20. The lowest BCUT2D eigenvalue weighted by Crippen LogP contribution is -2.26. The number of aromatic nitrogens is 1. The molecule has 72 valence electrons. The molecule has 0 N–H and O–H groups in total. The smallest absolute Gasteiger partial charge is 0.291 e. The van der Waals surface area contributed by atoms with Crippen LogP contribution in [0, 0.1) is 13.8 Å². The Bertz CT molecular complexity index is 317. The van der Waals surface area contributed by atoms with E-state index < -0.39 is 0 Å². The predicted octanol–water partition coefficient (Wildman–Crippen LogP) is 1.38. The van der Waals surface area contributed by atoms with Gasteiger partial charge in [0.1, 0.15) is 0 Å². The van der Waals surface area contributed by atoms with Gasteiger partial charge in [-0.05, 0) is 13.8 Å². The molecule has 4 nitrogen and oxygen atoms in total. The van der Waals surface area contributed by atoms with E-state index in [0.717, 1.165) is 0 Å². The Balaban J connectivity index is 2.94. The van der Waals surface area contributed by atoms with E-state index in [-0.39, 0.29) is 5.91 Å². The lowest BCUT2D eigenvalue weighted by atomic mass is 10.3. The zero-order valence-electron chi connectivity index (χ0n) is 8.42. The summed E-state index contributed by atoms with van der Waals surface area (Å²) in [6.07, 6.45) is 0. The second-order valence-electron chi connectivity index (χ2n) is 2.97. The maximum atomic E-state index is 11.6. The molecule has 0 aromatic carbocycles. The fraction of sp³-hybridized carbons (Fsp3) is 0.556. The first-order chi connectivity index (χ1) is 6.06. The molecule has 1 amide bonds. The van der Waals surface area contributed by atoms with Gasteiger partial charge in [-0.25, -0.2) is 4.98 Å². The number of nitrogens with zero attached hydrogens (tertiary/aromatic N) is 2. The molecule has 0 bridgehead atoms. The van der Waals surface area contributed by atoms with Crippen LogP contribution in [0.4, 0.5) is 0 Å². The number of oxazole rings is 1. The molecule has 0 saturated carbocycles. The molecule has 0 atom stereocenters. The second-order valence-corrected chi connectivity index (χ2v) is 2.97. The van der Waals surface area contributed by atoms with Crippen molar-refractivity contribution in [2.45, 2.75) is 20.8 Å². The van der Waals surface area contributed by atoms with E-state index >= 15 is 0 Å². The second kappa shape index (κ2) is 3.60. The van der Waals surface area contributed by atoms with Crippen LogP contribution in [-0.4, -0.2) is 29.4 Å². The molecule has 1 rings (SSSR count). The van der Waals surface area contributed by atoms with Gasteiger partial charge in [-0.15, -0.1) is 0 Å². The molecule has 0 radical (unpaired) electrons. The topological polar surface area (TPSA) is 46.3 Å². The van der Waals surface area contributed by atoms with Crippen LogP contribution in [-0.2, 0) is 0 Å². The Labute approximate surface area is 77.6 Å². The quantitative estimate of drug-likeness (QED) is 0.694. The van der Waals surface area contributed by atoms with Crippen LogP contribution < -0.4 is 0 Å². The van der Waals surface area contributed by atoms with Crippen LogP contribution in [0.1, 0.15) is 29.1 Å². The van der Waals surface area contributed by atoms with Gasteiger partial charge >= 0.3 is 0 Å². The molecule has 13 heavy (non-hydrogen) atoms. The fourth-order valence-corrected chi connectivity index (χ4v) is 1.05. The molecule has 4 heteroatoms. The number of carbonyl (C=O) groups excluding carboxylic acids is 1. The number of rotatable bonds is 2. The molecular formula is C9H14N2O2. The van der Waals surface area contributed by atoms with E-state index in [2.05, 4.69) is 4.98 Å². The normalized spacial score (nSPS) is 10.2. The summed E-state index contributed by atoms with van der Waals surface area (Å²) in [6, 6.07) is 0. The highest BCUT2D eigenvalue weighted by Gasteiger charge is 2.18. The van der Waals surface area contributed by atoms with E-state index in [9.17, 15) is 4.79 Å². The van der Waals surface area contributed by atoms with Crippen molar-refractivity contribution in [2.24, 2.45) is 0 Å². The zero-order valence-corrected chi connectivity index (χ0v) is 8.42. The first kappa shape index (κ1) is 9.77. The van der Waals surface area contributed by atoms with Crippen LogP contribution in [0.15, 0.2) is 4.42 Å². The van der Waals surface area contributed by atoms with Crippen LogP contribution in [0.5, 0.6) is 0 Å². The van der Waals surface area contributed by atoms with Crippen LogP contribution in [0.2, 0.25) is 0 Å². The molecule has 0 spiro atoms. The van der Waals surface area contributed by atoms with Crippen LogP contribution in [0.3, 0.4) is 0 Å². The maximum Gasteiger partial charge on any atom is 0.291 e. The Morgan fingerprint density at radius 3 is 2.54 bits per heavy atom. The van der Waals surface area contributed by atoms with Crippen molar-refractivity contribution in [1.82, 2.24) is 9.88 Å². The Kier molecular flexibility index (Phi) is 2.70. The number of carbonyl (C=O) groups is 1. The highest BCUT2D eigenvalue weighted by molar-refractivity contribution is 5.92. The van der Waals surface area contributed by atoms with E-state index in [1.165, 1.54) is 0 Å². The number of amides is 1. The van der Waals surface area contributed by atoms with Gasteiger partial charge in [-0.2, -0.15) is 0 Å². The summed E-state index contributed by atoms with van der Waals surface area (Å²) in [7, 11) is 1.74. The average Bonchev–Trinajstić information content (AvgIpc) is 2.42. The van der Waals surface area contributed by atoms with Crippen molar-refractivity contribution in [3.8, 4) is 0 Å².